The van der Waals surface area contributed by atoms with E-state index in [9.17, 15) is 0 Å². The monoisotopic (exact) mass is 307 g/mol. The normalized spacial score (nSPS) is 17.5. The van der Waals surface area contributed by atoms with E-state index < -0.39 is 5.54 Å². The average Bonchev–Trinajstić information content (AvgIpc) is 2.79. The van der Waals surface area contributed by atoms with Crippen LogP contribution in [-0.2, 0) is 5.54 Å². The Bertz CT molecular complexity index is 590. The number of hydrogen-bond acceptors (Lipinski definition) is 4. The molecule has 1 aromatic heterocycles. The molecule has 2 aromatic rings. The van der Waals surface area contributed by atoms with Gasteiger partial charge in [0.15, 0.2) is 0 Å². The summed E-state index contributed by atoms with van der Waals surface area (Å²) in [5, 5.41) is 4.02. The minimum absolute atomic E-state index is 0.396. The number of benzene rings is 1. The zero-order chi connectivity index (χ0) is 12.8. The standard InChI is InChI=1S/C13H14BrN3O/c1-8-3-4-9(7-10(8)14)11-16-12(18-17-11)13(15)5-2-6-13/h3-4,7H,2,5-6,15H2,1H3. The first-order valence-corrected chi connectivity index (χ1v) is 6.77. The number of hydrogen-bond donors (Lipinski definition) is 1. The summed E-state index contributed by atoms with van der Waals surface area (Å²) in [6, 6.07) is 6.00. The molecule has 1 fully saturated rings. The van der Waals surface area contributed by atoms with E-state index in [2.05, 4.69) is 26.1 Å². The summed E-state index contributed by atoms with van der Waals surface area (Å²) in [5.41, 5.74) is 7.88. The van der Waals surface area contributed by atoms with E-state index in [0.717, 1.165) is 29.3 Å². The molecule has 4 nitrogen and oxygen atoms in total. The third-order valence-corrected chi connectivity index (χ3v) is 4.38. The Morgan fingerprint density at radius 3 is 2.78 bits per heavy atom. The number of nitrogens with two attached hydrogens (primary N) is 1. The number of aryl methyl sites for hydroxylation is 1. The molecule has 2 N–H and O–H groups in total. The molecule has 0 amide bonds. The quantitative estimate of drug-likeness (QED) is 0.925. The molecule has 1 aliphatic carbocycles. The summed E-state index contributed by atoms with van der Waals surface area (Å²) >= 11 is 3.50. The maximum atomic E-state index is 6.16. The van der Waals surface area contributed by atoms with E-state index in [1.807, 2.05) is 25.1 Å². The predicted molar refractivity (Wildman–Crippen MR) is 71.9 cm³/mol. The van der Waals surface area contributed by atoms with Crippen molar-refractivity contribution in [2.45, 2.75) is 31.7 Å². The van der Waals surface area contributed by atoms with Crippen LogP contribution in [0.25, 0.3) is 11.4 Å². The van der Waals surface area contributed by atoms with Crippen molar-refractivity contribution in [1.29, 1.82) is 0 Å². The fourth-order valence-electron chi connectivity index (χ4n) is 2.05. The number of rotatable bonds is 2. The molecule has 94 valence electrons. The van der Waals surface area contributed by atoms with Gasteiger partial charge in [0.2, 0.25) is 11.7 Å². The Balaban J connectivity index is 1.95. The zero-order valence-corrected chi connectivity index (χ0v) is 11.7. The van der Waals surface area contributed by atoms with Crippen LogP contribution < -0.4 is 5.73 Å². The van der Waals surface area contributed by atoms with Crippen molar-refractivity contribution < 1.29 is 4.52 Å². The molecule has 0 unspecified atom stereocenters. The Hall–Kier alpha value is -1.20. The molecule has 1 aliphatic rings. The second-order valence-corrected chi connectivity index (χ2v) is 5.75. The van der Waals surface area contributed by atoms with E-state index in [-0.39, 0.29) is 0 Å². The van der Waals surface area contributed by atoms with Crippen LogP contribution in [0.15, 0.2) is 27.2 Å². The molecule has 0 atom stereocenters. The lowest BCUT2D eigenvalue weighted by Crippen LogP contribution is -2.43. The molecule has 0 saturated heterocycles. The molecule has 0 bridgehead atoms. The van der Waals surface area contributed by atoms with Gasteiger partial charge in [-0.3, -0.25) is 0 Å². The van der Waals surface area contributed by atoms with Gasteiger partial charge in [-0.15, -0.1) is 0 Å². The first kappa shape index (κ1) is 11.9. The molecule has 3 rings (SSSR count). The van der Waals surface area contributed by atoms with Crippen LogP contribution in [0.1, 0.15) is 30.7 Å². The molecule has 0 radical (unpaired) electrons. The summed E-state index contributed by atoms with van der Waals surface area (Å²) in [5.74, 6) is 1.16. The second kappa shape index (κ2) is 4.17. The van der Waals surface area contributed by atoms with Gasteiger partial charge in [0, 0.05) is 10.0 Å². The van der Waals surface area contributed by atoms with Gasteiger partial charge in [0.05, 0.1) is 5.54 Å². The number of halogens is 1. The van der Waals surface area contributed by atoms with E-state index >= 15 is 0 Å². The van der Waals surface area contributed by atoms with Crippen molar-refractivity contribution in [2.24, 2.45) is 5.73 Å². The summed E-state index contributed by atoms with van der Waals surface area (Å²) in [6.07, 6.45) is 2.97. The number of nitrogens with zero attached hydrogens (tertiary/aromatic N) is 2. The summed E-state index contributed by atoms with van der Waals surface area (Å²) < 4.78 is 6.33. The minimum atomic E-state index is -0.396. The van der Waals surface area contributed by atoms with Crippen molar-refractivity contribution in [2.75, 3.05) is 0 Å². The highest BCUT2D eigenvalue weighted by Crippen LogP contribution is 2.38. The fraction of sp³-hybridized carbons (Fsp3) is 0.385. The third kappa shape index (κ3) is 1.87. The van der Waals surface area contributed by atoms with E-state index in [0.29, 0.717) is 11.7 Å². The van der Waals surface area contributed by atoms with Gasteiger partial charge >= 0.3 is 0 Å². The Morgan fingerprint density at radius 2 is 2.17 bits per heavy atom. The third-order valence-electron chi connectivity index (χ3n) is 3.53. The van der Waals surface area contributed by atoms with Gasteiger partial charge in [-0.05, 0) is 37.8 Å². The Kier molecular flexibility index (Phi) is 2.75. The molecule has 1 heterocycles. The molecule has 0 aliphatic heterocycles. The lowest BCUT2D eigenvalue weighted by Gasteiger charge is -2.33. The lowest BCUT2D eigenvalue weighted by atomic mass is 9.78. The molecule has 1 aromatic carbocycles. The minimum Gasteiger partial charge on any atom is -0.337 e. The van der Waals surface area contributed by atoms with Crippen LogP contribution in [0, 0.1) is 6.92 Å². The largest absolute Gasteiger partial charge is 0.337 e. The van der Waals surface area contributed by atoms with Gasteiger partial charge in [-0.25, -0.2) is 0 Å². The lowest BCUT2D eigenvalue weighted by molar-refractivity contribution is 0.181. The molecular formula is C13H14BrN3O. The van der Waals surface area contributed by atoms with Gasteiger partial charge < -0.3 is 10.3 Å². The molecule has 18 heavy (non-hydrogen) atoms. The predicted octanol–water partition coefficient (Wildman–Crippen LogP) is 3.15. The summed E-state index contributed by atoms with van der Waals surface area (Å²) in [6.45, 7) is 2.04. The first-order valence-electron chi connectivity index (χ1n) is 5.98. The van der Waals surface area contributed by atoms with Gasteiger partial charge in [-0.1, -0.05) is 33.2 Å². The smallest absolute Gasteiger partial charge is 0.247 e. The van der Waals surface area contributed by atoms with Crippen molar-refractivity contribution in [3.63, 3.8) is 0 Å². The van der Waals surface area contributed by atoms with E-state index in [4.69, 9.17) is 10.3 Å². The maximum absolute atomic E-state index is 6.16. The summed E-state index contributed by atoms with van der Waals surface area (Å²) in [4.78, 5) is 4.42. The van der Waals surface area contributed by atoms with Crippen molar-refractivity contribution in [3.05, 3.63) is 34.1 Å². The van der Waals surface area contributed by atoms with Crippen LogP contribution in [0.3, 0.4) is 0 Å². The molecule has 0 spiro atoms. The SMILES string of the molecule is Cc1ccc(-c2noc(C3(N)CCC3)n2)cc1Br. The van der Waals surface area contributed by atoms with Crippen molar-refractivity contribution >= 4 is 15.9 Å². The van der Waals surface area contributed by atoms with Crippen molar-refractivity contribution in [3.8, 4) is 11.4 Å². The van der Waals surface area contributed by atoms with Crippen LogP contribution in [0.5, 0.6) is 0 Å². The molecule has 1 saturated carbocycles. The van der Waals surface area contributed by atoms with E-state index in [1.165, 1.54) is 5.56 Å². The highest BCUT2D eigenvalue weighted by molar-refractivity contribution is 9.10. The second-order valence-electron chi connectivity index (χ2n) is 4.90. The summed E-state index contributed by atoms with van der Waals surface area (Å²) in [7, 11) is 0. The van der Waals surface area contributed by atoms with Crippen LogP contribution in [0.4, 0.5) is 0 Å². The molecular weight excluding hydrogens is 294 g/mol. The van der Waals surface area contributed by atoms with Crippen molar-refractivity contribution in [1.82, 2.24) is 10.1 Å². The first-order chi connectivity index (χ1) is 8.58. The highest BCUT2D eigenvalue weighted by Gasteiger charge is 2.39. The van der Waals surface area contributed by atoms with Gasteiger partial charge in [-0.2, -0.15) is 4.98 Å². The maximum Gasteiger partial charge on any atom is 0.247 e. The number of aromatic nitrogens is 2. The van der Waals surface area contributed by atoms with Crippen LogP contribution in [-0.4, -0.2) is 10.1 Å². The van der Waals surface area contributed by atoms with Gasteiger partial charge in [0.1, 0.15) is 0 Å². The highest BCUT2D eigenvalue weighted by atomic mass is 79.9. The average molecular weight is 308 g/mol. The Morgan fingerprint density at radius 1 is 1.39 bits per heavy atom. The van der Waals surface area contributed by atoms with Crippen LogP contribution in [0.2, 0.25) is 0 Å². The van der Waals surface area contributed by atoms with Gasteiger partial charge in [0.25, 0.3) is 0 Å². The molecule has 5 heteroatoms. The Labute approximate surface area is 114 Å². The zero-order valence-electron chi connectivity index (χ0n) is 10.1. The fourth-order valence-corrected chi connectivity index (χ4v) is 2.43. The topological polar surface area (TPSA) is 64.9 Å². The van der Waals surface area contributed by atoms with E-state index in [1.54, 1.807) is 0 Å². The van der Waals surface area contributed by atoms with Crippen LogP contribution >= 0.6 is 15.9 Å².